The molecule has 0 aromatic heterocycles. The van der Waals surface area contributed by atoms with Crippen molar-refractivity contribution in [1.82, 2.24) is 10.0 Å². The Morgan fingerprint density at radius 3 is 1.38 bits per heavy atom. The summed E-state index contributed by atoms with van der Waals surface area (Å²) in [5.74, 6) is -0.939. The van der Waals surface area contributed by atoms with Crippen molar-refractivity contribution in [1.29, 1.82) is 0 Å². The highest BCUT2D eigenvalue weighted by Gasteiger charge is 2.38. The first-order valence-corrected chi connectivity index (χ1v) is 13.8. The van der Waals surface area contributed by atoms with Gasteiger partial charge in [-0.25, -0.2) is 10.0 Å². The lowest BCUT2D eigenvalue weighted by Gasteiger charge is -2.29. The van der Waals surface area contributed by atoms with Gasteiger partial charge in [0.2, 0.25) is 11.8 Å². The predicted octanol–water partition coefficient (Wildman–Crippen LogP) is 4.32. The van der Waals surface area contributed by atoms with Gasteiger partial charge in [-0.3, -0.25) is 29.2 Å². The van der Waals surface area contributed by atoms with Crippen LogP contribution in [-0.4, -0.2) is 61.1 Å². The summed E-state index contributed by atoms with van der Waals surface area (Å²) in [7, 11) is 3.63. The summed E-state index contributed by atoms with van der Waals surface area (Å²) in [6, 6.07) is 14.6. The van der Waals surface area contributed by atoms with Crippen LogP contribution in [0.4, 0.5) is 11.4 Å². The molecule has 2 aliphatic heterocycles. The second-order valence-corrected chi connectivity index (χ2v) is 10.2. The standard InChI is InChI=1S/C30H38N4O6/c1-21(35)33-27(23-13-7-9-15-25(23)31(33)3)19-29(37)39-17-11-5-6-12-18-40-30(38)20-28-24-14-8-10-16-26(24)32(4)34(28)22(2)36/h7-10,13-16,27-28H,5-6,11-12,17-20H2,1-4H3. The Morgan fingerprint density at radius 1 is 0.625 bits per heavy atom. The largest absolute Gasteiger partial charge is 0.466 e. The van der Waals surface area contributed by atoms with Gasteiger partial charge in [0.05, 0.1) is 49.5 Å². The second-order valence-electron chi connectivity index (χ2n) is 10.2. The van der Waals surface area contributed by atoms with Gasteiger partial charge < -0.3 is 9.47 Å². The lowest BCUT2D eigenvalue weighted by atomic mass is 10.0. The van der Waals surface area contributed by atoms with Crippen LogP contribution in [0.3, 0.4) is 0 Å². The molecule has 2 amide bonds. The fourth-order valence-electron chi connectivity index (χ4n) is 5.66. The van der Waals surface area contributed by atoms with Gasteiger partial charge in [0, 0.05) is 39.1 Å². The minimum atomic E-state index is -0.374. The maximum Gasteiger partial charge on any atom is 0.308 e. The normalized spacial score (nSPS) is 17.5. The molecule has 2 heterocycles. The Balaban J connectivity index is 1.12. The third-order valence-corrected chi connectivity index (χ3v) is 7.46. The van der Waals surface area contributed by atoms with E-state index in [1.165, 1.54) is 13.8 Å². The molecule has 0 radical (unpaired) electrons. The summed E-state index contributed by atoms with van der Waals surface area (Å²) >= 11 is 0. The second kappa shape index (κ2) is 12.8. The molecular weight excluding hydrogens is 512 g/mol. The molecule has 4 rings (SSSR count). The van der Waals surface area contributed by atoms with E-state index in [2.05, 4.69) is 0 Å². The minimum absolute atomic E-state index is 0.0964. The van der Waals surface area contributed by atoms with Crippen LogP contribution in [0.25, 0.3) is 0 Å². The fraction of sp³-hybridized carbons (Fsp3) is 0.467. The lowest BCUT2D eigenvalue weighted by Crippen LogP contribution is -2.41. The minimum Gasteiger partial charge on any atom is -0.466 e. The average Bonchev–Trinajstić information content (AvgIpc) is 3.36. The highest BCUT2D eigenvalue weighted by atomic mass is 16.5. The fourth-order valence-corrected chi connectivity index (χ4v) is 5.66. The monoisotopic (exact) mass is 550 g/mol. The van der Waals surface area contributed by atoms with E-state index in [-0.39, 0.29) is 48.7 Å². The van der Waals surface area contributed by atoms with Gasteiger partial charge in [0.1, 0.15) is 0 Å². The van der Waals surface area contributed by atoms with Gasteiger partial charge in [-0.1, -0.05) is 36.4 Å². The molecule has 10 nitrogen and oxygen atoms in total. The zero-order valence-electron chi connectivity index (χ0n) is 23.7. The van der Waals surface area contributed by atoms with Crippen LogP contribution < -0.4 is 10.0 Å². The molecule has 0 saturated carbocycles. The van der Waals surface area contributed by atoms with E-state index in [0.29, 0.717) is 26.1 Å². The maximum atomic E-state index is 12.5. The number of carbonyl (C=O) groups excluding carboxylic acids is 4. The van der Waals surface area contributed by atoms with E-state index < -0.39 is 0 Å². The molecule has 40 heavy (non-hydrogen) atoms. The summed E-state index contributed by atoms with van der Waals surface area (Å²) in [5.41, 5.74) is 3.69. The van der Waals surface area contributed by atoms with E-state index >= 15 is 0 Å². The zero-order chi connectivity index (χ0) is 28.8. The van der Waals surface area contributed by atoms with Gasteiger partial charge in [0.15, 0.2) is 0 Å². The molecule has 0 aliphatic carbocycles. The lowest BCUT2D eigenvalue weighted by molar-refractivity contribution is -0.148. The average molecular weight is 551 g/mol. The number of nitrogens with zero attached hydrogens (tertiary/aromatic N) is 4. The van der Waals surface area contributed by atoms with Crippen molar-refractivity contribution in [2.24, 2.45) is 0 Å². The first-order chi connectivity index (χ1) is 19.2. The van der Waals surface area contributed by atoms with Crippen molar-refractivity contribution in [2.75, 3.05) is 37.3 Å². The third kappa shape index (κ3) is 6.21. The molecule has 2 aromatic rings. The number of hydrazine groups is 2. The van der Waals surface area contributed by atoms with Crippen LogP contribution in [0.15, 0.2) is 48.5 Å². The van der Waals surface area contributed by atoms with Crippen LogP contribution >= 0.6 is 0 Å². The van der Waals surface area contributed by atoms with Crippen molar-refractivity contribution in [3.63, 3.8) is 0 Å². The van der Waals surface area contributed by atoms with E-state index in [1.54, 1.807) is 20.0 Å². The molecule has 10 heteroatoms. The van der Waals surface area contributed by atoms with Gasteiger partial charge in [-0.05, 0) is 37.8 Å². The number of benzene rings is 2. The Morgan fingerprint density at radius 2 is 1.00 bits per heavy atom. The molecule has 0 fully saturated rings. The maximum absolute atomic E-state index is 12.5. The number of unbranched alkanes of at least 4 members (excludes halogenated alkanes) is 3. The Kier molecular flexibility index (Phi) is 9.29. The number of esters is 2. The number of rotatable bonds is 11. The Labute approximate surface area is 235 Å². The topological polar surface area (TPSA) is 99.7 Å². The van der Waals surface area contributed by atoms with E-state index in [9.17, 15) is 19.2 Å². The van der Waals surface area contributed by atoms with Crippen LogP contribution in [0.1, 0.15) is 75.6 Å². The number of amides is 2. The first-order valence-electron chi connectivity index (χ1n) is 13.8. The van der Waals surface area contributed by atoms with E-state index in [0.717, 1.165) is 35.3 Å². The Bertz CT molecular complexity index is 1150. The Hall–Kier alpha value is -4.08. The van der Waals surface area contributed by atoms with Crippen molar-refractivity contribution in [3.05, 3.63) is 59.7 Å². The summed E-state index contributed by atoms with van der Waals surface area (Å²) in [5, 5.41) is 6.75. The number of carbonyl (C=O) groups is 4. The molecule has 0 saturated heterocycles. The quantitative estimate of drug-likeness (QED) is 0.301. The first kappa shape index (κ1) is 28.9. The number of hydrogen-bond acceptors (Lipinski definition) is 8. The molecule has 0 bridgehead atoms. The van der Waals surface area contributed by atoms with Crippen molar-refractivity contribution >= 4 is 35.1 Å². The van der Waals surface area contributed by atoms with Crippen molar-refractivity contribution < 1.29 is 28.7 Å². The molecule has 0 spiro atoms. The number of para-hydroxylation sites is 2. The van der Waals surface area contributed by atoms with Gasteiger partial charge >= 0.3 is 11.9 Å². The molecule has 2 atom stereocenters. The summed E-state index contributed by atoms with van der Waals surface area (Å²) < 4.78 is 10.9. The molecular formula is C30H38N4O6. The van der Waals surface area contributed by atoms with E-state index in [1.807, 2.05) is 62.6 Å². The summed E-state index contributed by atoms with van der Waals surface area (Å²) in [6.45, 7) is 3.59. The zero-order valence-corrected chi connectivity index (χ0v) is 23.7. The van der Waals surface area contributed by atoms with Gasteiger partial charge in [-0.2, -0.15) is 0 Å². The number of ether oxygens (including phenoxy) is 2. The van der Waals surface area contributed by atoms with Gasteiger partial charge in [-0.15, -0.1) is 0 Å². The summed E-state index contributed by atoms with van der Waals surface area (Å²) in [6.07, 6.45) is 3.26. The van der Waals surface area contributed by atoms with E-state index in [4.69, 9.17) is 9.47 Å². The molecule has 0 N–H and O–H groups in total. The molecule has 2 aliphatic rings. The van der Waals surface area contributed by atoms with Crippen LogP contribution in [-0.2, 0) is 28.7 Å². The van der Waals surface area contributed by atoms with Crippen molar-refractivity contribution in [3.8, 4) is 0 Å². The predicted molar refractivity (Wildman–Crippen MR) is 150 cm³/mol. The SMILES string of the molecule is CC(=O)N1C(CC(=O)OCCCCCCOC(=O)CC2c3ccccc3N(C)N2C(C)=O)c2ccccc2N1C. The van der Waals surface area contributed by atoms with Crippen LogP contribution in [0.5, 0.6) is 0 Å². The highest BCUT2D eigenvalue weighted by Crippen LogP contribution is 2.42. The molecule has 2 aromatic carbocycles. The molecule has 214 valence electrons. The smallest absolute Gasteiger partial charge is 0.308 e. The number of anilines is 2. The van der Waals surface area contributed by atoms with Crippen LogP contribution in [0.2, 0.25) is 0 Å². The van der Waals surface area contributed by atoms with Crippen molar-refractivity contribution in [2.45, 2.75) is 64.5 Å². The number of fused-ring (bicyclic) bond motifs is 2. The third-order valence-electron chi connectivity index (χ3n) is 7.46. The van der Waals surface area contributed by atoms with Gasteiger partial charge in [0.25, 0.3) is 0 Å². The highest BCUT2D eigenvalue weighted by molar-refractivity contribution is 5.82. The summed E-state index contributed by atoms with van der Waals surface area (Å²) in [4.78, 5) is 49.5. The number of hydrogen-bond donors (Lipinski definition) is 0. The molecule has 2 unspecified atom stereocenters. The van der Waals surface area contributed by atoms with Crippen LogP contribution in [0, 0.1) is 0 Å².